The lowest BCUT2D eigenvalue weighted by Crippen LogP contribution is -2.21. The average molecular weight is 374 g/mol. The molecule has 4 nitrogen and oxygen atoms in total. The number of hydrogen-bond acceptors (Lipinski definition) is 2. The van der Waals surface area contributed by atoms with E-state index in [0.29, 0.717) is 26.9 Å². The number of nitrogens with zero attached hydrogens (tertiary/aromatic N) is 1. The van der Waals surface area contributed by atoms with Crippen LogP contribution >= 0.6 is 23.2 Å². The zero-order valence-corrected chi connectivity index (χ0v) is 14.7. The van der Waals surface area contributed by atoms with Gasteiger partial charge in [0.1, 0.15) is 5.56 Å². The number of pyridine rings is 1. The second-order valence-corrected chi connectivity index (χ2v) is 6.26. The monoisotopic (exact) mass is 373 g/mol. The highest BCUT2D eigenvalue weighted by Gasteiger charge is 2.23. The van der Waals surface area contributed by atoms with Gasteiger partial charge in [-0.3, -0.25) is 4.79 Å². The van der Waals surface area contributed by atoms with Gasteiger partial charge >= 0.3 is 5.97 Å². The molecule has 0 fully saturated rings. The summed E-state index contributed by atoms with van der Waals surface area (Å²) in [5.74, 6) is -1.30. The van der Waals surface area contributed by atoms with Crippen molar-refractivity contribution in [2.45, 2.75) is 0 Å². The summed E-state index contributed by atoms with van der Waals surface area (Å²) in [7, 11) is 1.68. The molecule has 1 heterocycles. The number of aromatic carboxylic acids is 1. The summed E-state index contributed by atoms with van der Waals surface area (Å²) in [5.41, 5.74) is 0.918. The summed E-state index contributed by atoms with van der Waals surface area (Å²) in [5, 5.41) is 10.4. The summed E-state index contributed by atoms with van der Waals surface area (Å²) in [4.78, 5) is 24.3. The first kappa shape index (κ1) is 17.3. The Morgan fingerprint density at radius 3 is 2.00 bits per heavy atom. The molecule has 3 aromatic rings. The van der Waals surface area contributed by atoms with Gasteiger partial charge in [-0.2, -0.15) is 0 Å². The van der Waals surface area contributed by atoms with Crippen molar-refractivity contribution in [3.8, 4) is 22.5 Å². The molecule has 0 unspecified atom stereocenters. The van der Waals surface area contributed by atoms with Gasteiger partial charge in [-0.25, -0.2) is 4.79 Å². The molecule has 0 radical (unpaired) electrons. The van der Waals surface area contributed by atoms with E-state index < -0.39 is 11.4 Å². The predicted octanol–water partition coefficient (Wildman–Crippen LogP) is 4.72. The largest absolute Gasteiger partial charge is 0.477 e. The molecule has 126 valence electrons. The van der Waals surface area contributed by atoms with Crippen LogP contribution in [0.15, 0.2) is 59.4 Å². The Balaban J connectivity index is 2.45. The molecule has 0 atom stereocenters. The molecular formula is C19H13Cl2NO3. The van der Waals surface area contributed by atoms with E-state index in [4.69, 9.17) is 23.2 Å². The molecule has 0 saturated carbocycles. The first-order chi connectivity index (χ1) is 11.9. The molecule has 1 aromatic heterocycles. The zero-order valence-electron chi connectivity index (χ0n) is 13.2. The lowest BCUT2D eigenvalue weighted by atomic mass is 10.0. The minimum atomic E-state index is -1.30. The molecule has 0 aliphatic carbocycles. The first-order valence-electron chi connectivity index (χ1n) is 7.39. The van der Waals surface area contributed by atoms with Crippen LogP contribution < -0.4 is 5.43 Å². The third kappa shape index (κ3) is 3.06. The fourth-order valence-corrected chi connectivity index (χ4v) is 3.26. The van der Waals surface area contributed by atoms with Gasteiger partial charge in [0, 0.05) is 34.3 Å². The number of halogens is 2. The van der Waals surface area contributed by atoms with E-state index in [-0.39, 0.29) is 11.3 Å². The maximum atomic E-state index is 12.5. The Labute approximate surface area is 153 Å². The molecule has 0 spiro atoms. The molecule has 3 rings (SSSR count). The number of aromatic nitrogens is 1. The molecule has 0 aliphatic rings. The van der Waals surface area contributed by atoms with Crippen LogP contribution in [0.5, 0.6) is 0 Å². The van der Waals surface area contributed by atoms with E-state index in [1.54, 1.807) is 60.1 Å². The quantitative estimate of drug-likeness (QED) is 0.722. The zero-order chi connectivity index (χ0) is 18.1. The number of benzene rings is 2. The number of carboxylic acid groups (broad SMARTS) is 1. The van der Waals surface area contributed by atoms with Crippen molar-refractivity contribution in [3.63, 3.8) is 0 Å². The summed E-state index contributed by atoms with van der Waals surface area (Å²) in [6, 6.07) is 15.1. The number of rotatable bonds is 3. The summed E-state index contributed by atoms with van der Waals surface area (Å²) in [6.07, 6.45) is 0. The van der Waals surface area contributed by atoms with E-state index in [1.807, 2.05) is 0 Å². The molecule has 0 bridgehead atoms. The van der Waals surface area contributed by atoms with Crippen LogP contribution in [0.4, 0.5) is 0 Å². The highest BCUT2D eigenvalue weighted by Crippen LogP contribution is 2.33. The predicted molar refractivity (Wildman–Crippen MR) is 99.5 cm³/mol. The second kappa shape index (κ2) is 6.75. The van der Waals surface area contributed by atoms with Crippen LogP contribution in [0.2, 0.25) is 10.0 Å². The fourth-order valence-electron chi connectivity index (χ4n) is 2.80. The molecule has 1 N–H and O–H groups in total. The van der Waals surface area contributed by atoms with Crippen molar-refractivity contribution in [1.82, 2.24) is 4.57 Å². The van der Waals surface area contributed by atoms with Crippen molar-refractivity contribution < 1.29 is 9.90 Å². The molecule has 0 saturated heterocycles. The lowest BCUT2D eigenvalue weighted by Gasteiger charge is -2.18. The van der Waals surface area contributed by atoms with E-state index in [9.17, 15) is 14.7 Å². The van der Waals surface area contributed by atoms with Gasteiger partial charge in [0.15, 0.2) is 5.43 Å². The van der Waals surface area contributed by atoms with Crippen LogP contribution in [-0.4, -0.2) is 15.6 Å². The van der Waals surface area contributed by atoms with Crippen LogP contribution in [0.25, 0.3) is 22.5 Å². The highest BCUT2D eigenvalue weighted by molar-refractivity contribution is 6.34. The molecule has 2 aromatic carbocycles. The number of hydrogen-bond donors (Lipinski definition) is 1. The lowest BCUT2D eigenvalue weighted by molar-refractivity contribution is 0.0695. The van der Waals surface area contributed by atoms with Gasteiger partial charge in [-0.1, -0.05) is 59.6 Å². The molecular weight excluding hydrogens is 361 g/mol. The minimum absolute atomic E-state index is 0.237. The Morgan fingerprint density at radius 2 is 1.48 bits per heavy atom. The van der Waals surface area contributed by atoms with Crippen molar-refractivity contribution in [1.29, 1.82) is 0 Å². The van der Waals surface area contributed by atoms with Crippen molar-refractivity contribution >= 4 is 29.2 Å². The Hall–Kier alpha value is -2.56. The number of carbonyl (C=O) groups is 1. The summed E-state index contributed by atoms with van der Waals surface area (Å²) >= 11 is 12.5. The van der Waals surface area contributed by atoms with Gasteiger partial charge < -0.3 is 9.67 Å². The topological polar surface area (TPSA) is 59.3 Å². The first-order valence-corrected chi connectivity index (χ1v) is 8.14. The number of carboxylic acids is 1. The third-order valence-corrected chi connectivity index (χ3v) is 4.60. The van der Waals surface area contributed by atoms with Gasteiger partial charge in [0.2, 0.25) is 0 Å². The van der Waals surface area contributed by atoms with Crippen molar-refractivity contribution in [2.24, 2.45) is 7.05 Å². The van der Waals surface area contributed by atoms with E-state index in [2.05, 4.69) is 0 Å². The molecule has 6 heteroatoms. The van der Waals surface area contributed by atoms with Crippen LogP contribution in [0.3, 0.4) is 0 Å². The maximum absolute atomic E-state index is 12.5. The molecule has 0 amide bonds. The van der Waals surface area contributed by atoms with E-state index >= 15 is 0 Å². The van der Waals surface area contributed by atoms with Crippen LogP contribution in [-0.2, 0) is 7.05 Å². The van der Waals surface area contributed by atoms with Gasteiger partial charge in [-0.05, 0) is 12.1 Å². The Kier molecular flexibility index (Phi) is 4.66. The van der Waals surface area contributed by atoms with Crippen molar-refractivity contribution in [3.05, 3.63) is 80.4 Å². The molecule has 25 heavy (non-hydrogen) atoms. The second-order valence-electron chi connectivity index (χ2n) is 5.44. The smallest absolute Gasteiger partial charge is 0.341 e. The average Bonchev–Trinajstić information content (AvgIpc) is 2.57. The van der Waals surface area contributed by atoms with Crippen molar-refractivity contribution in [2.75, 3.05) is 0 Å². The fraction of sp³-hybridized carbons (Fsp3) is 0.0526. The Morgan fingerprint density at radius 1 is 0.960 bits per heavy atom. The minimum Gasteiger partial charge on any atom is -0.477 e. The SMILES string of the molecule is Cn1c(-c2ccccc2Cl)cc(=O)c(C(=O)O)c1-c1ccccc1Cl. The van der Waals surface area contributed by atoms with Gasteiger partial charge in [0.25, 0.3) is 0 Å². The molecule has 0 aliphatic heterocycles. The summed E-state index contributed by atoms with van der Waals surface area (Å²) < 4.78 is 1.63. The van der Waals surface area contributed by atoms with E-state index in [1.165, 1.54) is 6.07 Å². The normalized spacial score (nSPS) is 10.7. The highest BCUT2D eigenvalue weighted by atomic mass is 35.5. The van der Waals surface area contributed by atoms with Crippen LogP contribution in [0, 0.1) is 0 Å². The van der Waals surface area contributed by atoms with Gasteiger partial charge in [-0.15, -0.1) is 0 Å². The summed E-state index contributed by atoms with van der Waals surface area (Å²) in [6.45, 7) is 0. The van der Waals surface area contributed by atoms with E-state index in [0.717, 1.165) is 0 Å². The third-order valence-electron chi connectivity index (χ3n) is 3.94. The Bertz CT molecular complexity index is 1040. The maximum Gasteiger partial charge on any atom is 0.341 e. The van der Waals surface area contributed by atoms with Crippen LogP contribution in [0.1, 0.15) is 10.4 Å². The van der Waals surface area contributed by atoms with Gasteiger partial charge in [0.05, 0.1) is 11.4 Å². The standard InChI is InChI=1S/C19H13Cl2NO3/c1-22-15(11-6-2-4-8-13(11)20)10-16(23)17(19(24)25)18(22)12-7-3-5-9-14(12)21/h2-10H,1H3,(H,24,25).